The van der Waals surface area contributed by atoms with E-state index in [2.05, 4.69) is 199 Å². The average molecular weight is 888 g/mol. The third-order valence-electron chi connectivity index (χ3n) is 15.4. The van der Waals surface area contributed by atoms with Gasteiger partial charge in [0, 0.05) is 85.0 Å². The Bertz CT molecular complexity index is 4090. The largest absolute Gasteiger partial charge is 0.456 e. The van der Waals surface area contributed by atoms with Crippen LogP contribution in [0.3, 0.4) is 0 Å². The maximum Gasteiger partial charge on any atom is 0.197 e. The standard InChI is InChI=1S/C60H48BN2OS2/c1-58(2,3)32-16-18-33(19-17-32)62-47-29-51-40(41-26-44-45(28-50(41)64-51)60(6,7)23-22-59(44,4)5)24-38(47)36-20-21-37-39-25-42-34-12-8-10-14-52(34)65-54(42)30-48(39)63-49-31-55-43(27-46(49)61-56(36)57(37)63)35-13-9-11-15-53(35)66-55/h8-21,24-31,62H,22-23H2,1-7H3. The summed E-state index contributed by atoms with van der Waals surface area (Å²) in [4.78, 5) is 0. The molecule has 2 aliphatic rings. The van der Waals surface area contributed by atoms with Crippen molar-refractivity contribution in [3.63, 3.8) is 0 Å². The van der Waals surface area contributed by atoms with Gasteiger partial charge in [0.25, 0.3) is 0 Å². The first kappa shape index (κ1) is 38.9. The first-order valence-corrected chi connectivity index (χ1v) is 25.1. The summed E-state index contributed by atoms with van der Waals surface area (Å²) in [6.07, 6.45) is 2.33. The summed E-state index contributed by atoms with van der Waals surface area (Å²) < 4.78 is 14.8. The Morgan fingerprint density at radius 2 is 1.20 bits per heavy atom. The maximum absolute atomic E-state index is 6.94. The van der Waals surface area contributed by atoms with Crippen LogP contribution in [0.2, 0.25) is 0 Å². The molecule has 1 N–H and O–H groups in total. The molecule has 0 saturated carbocycles. The summed E-state index contributed by atoms with van der Waals surface area (Å²) in [5, 5.41) is 14.1. The molecule has 1 radical (unpaired) electrons. The number of anilines is 2. The quantitative estimate of drug-likeness (QED) is 0.179. The van der Waals surface area contributed by atoms with E-state index in [9.17, 15) is 0 Å². The van der Waals surface area contributed by atoms with E-state index in [0.717, 1.165) is 46.3 Å². The lowest BCUT2D eigenvalue weighted by molar-refractivity contribution is 0.332. The Morgan fingerprint density at radius 1 is 0.561 bits per heavy atom. The molecule has 1 aliphatic heterocycles. The van der Waals surface area contributed by atoms with Crippen LogP contribution in [0.25, 0.3) is 101 Å². The van der Waals surface area contributed by atoms with Gasteiger partial charge in [-0.3, -0.25) is 0 Å². The molecule has 0 bridgehead atoms. The van der Waals surface area contributed by atoms with Crippen LogP contribution in [0.4, 0.5) is 11.4 Å². The summed E-state index contributed by atoms with van der Waals surface area (Å²) in [5.74, 6) is 0. The molecule has 0 saturated heterocycles. The molecule has 6 heteroatoms. The van der Waals surface area contributed by atoms with E-state index < -0.39 is 0 Å². The van der Waals surface area contributed by atoms with Gasteiger partial charge in [-0.25, -0.2) is 0 Å². The number of thiophene rings is 2. The molecule has 319 valence electrons. The van der Waals surface area contributed by atoms with Gasteiger partial charge in [-0.15, -0.1) is 22.7 Å². The zero-order valence-corrected chi connectivity index (χ0v) is 40.0. The van der Waals surface area contributed by atoms with E-state index in [4.69, 9.17) is 4.42 Å². The molecule has 66 heavy (non-hydrogen) atoms. The molecular weight excluding hydrogens is 840 g/mol. The van der Waals surface area contributed by atoms with Crippen molar-refractivity contribution >= 4 is 136 Å². The van der Waals surface area contributed by atoms with Crippen molar-refractivity contribution in [1.82, 2.24) is 4.57 Å². The Labute approximate surface area is 392 Å². The zero-order chi connectivity index (χ0) is 44.6. The molecule has 0 spiro atoms. The average Bonchev–Trinajstić information content (AvgIpc) is 4.05. The summed E-state index contributed by atoms with van der Waals surface area (Å²) in [6.45, 7) is 16.4. The van der Waals surface area contributed by atoms with Gasteiger partial charge in [-0.1, -0.05) is 121 Å². The number of fused-ring (bicyclic) bond motifs is 15. The van der Waals surface area contributed by atoms with Gasteiger partial charge < -0.3 is 14.3 Å². The summed E-state index contributed by atoms with van der Waals surface area (Å²) >= 11 is 3.79. The van der Waals surface area contributed by atoms with Crippen molar-refractivity contribution in [2.75, 3.05) is 5.32 Å². The molecule has 5 heterocycles. The monoisotopic (exact) mass is 887 g/mol. The Balaban J connectivity index is 1.07. The van der Waals surface area contributed by atoms with Gasteiger partial charge in [-0.2, -0.15) is 0 Å². The third-order valence-corrected chi connectivity index (χ3v) is 17.7. The second-order valence-electron chi connectivity index (χ2n) is 21.5. The summed E-state index contributed by atoms with van der Waals surface area (Å²) in [7, 11) is 2.48. The minimum absolute atomic E-state index is 0.0605. The number of rotatable bonds is 3. The van der Waals surface area contributed by atoms with Crippen LogP contribution in [-0.2, 0) is 16.2 Å². The summed E-state index contributed by atoms with van der Waals surface area (Å²) in [6, 6.07) is 50.9. The molecule has 3 nitrogen and oxygen atoms in total. The van der Waals surface area contributed by atoms with Gasteiger partial charge in [0.2, 0.25) is 0 Å². The van der Waals surface area contributed by atoms with Crippen LogP contribution in [0, 0.1) is 0 Å². The van der Waals surface area contributed by atoms with E-state index in [1.54, 1.807) is 0 Å². The number of nitrogens with one attached hydrogen (secondary N) is 1. The van der Waals surface area contributed by atoms with Crippen LogP contribution >= 0.6 is 22.7 Å². The van der Waals surface area contributed by atoms with E-state index in [-0.39, 0.29) is 16.2 Å². The topological polar surface area (TPSA) is 30.1 Å². The van der Waals surface area contributed by atoms with Crippen molar-refractivity contribution < 1.29 is 4.42 Å². The number of nitrogens with zero attached hydrogens (tertiary/aromatic N) is 1. The Kier molecular flexibility index (Phi) is 7.77. The molecule has 4 aromatic heterocycles. The van der Waals surface area contributed by atoms with Gasteiger partial charge in [0.15, 0.2) is 7.28 Å². The smallest absolute Gasteiger partial charge is 0.197 e. The Morgan fingerprint density at radius 3 is 1.91 bits per heavy atom. The first-order valence-electron chi connectivity index (χ1n) is 23.4. The fraction of sp³-hybridized carbons (Fsp3) is 0.200. The van der Waals surface area contributed by atoms with Gasteiger partial charge in [0.05, 0.1) is 11.2 Å². The zero-order valence-electron chi connectivity index (χ0n) is 38.4. The highest BCUT2D eigenvalue weighted by Crippen LogP contribution is 2.50. The number of hydrogen-bond donors (Lipinski definition) is 1. The van der Waals surface area contributed by atoms with Crippen molar-refractivity contribution in [3.05, 3.63) is 150 Å². The summed E-state index contributed by atoms with van der Waals surface area (Å²) in [5.41, 5.74) is 16.9. The minimum atomic E-state index is 0.0605. The maximum atomic E-state index is 6.94. The molecular formula is C60H48BN2OS2. The molecule has 0 amide bonds. The van der Waals surface area contributed by atoms with Gasteiger partial charge >= 0.3 is 0 Å². The molecule has 14 rings (SSSR count). The Hall–Kier alpha value is -6.34. The van der Waals surface area contributed by atoms with Crippen molar-refractivity contribution in [3.8, 4) is 16.8 Å². The number of benzene rings is 8. The first-order chi connectivity index (χ1) is 31.8. The highest BCUT2D eigenvalue weighted by atomic mass is 32.1. The molecule has 12 aromatic rings. The van der Waals surface area contributed by atoms with Gasteiger partial charge in [-0.05, 0) is 123 Å². The van der Waals surface area contributed by atoms with Crippen LogP contribution in [0.1, 0.15) is 78.0 Å². The predicted molar refractivity (Wildman–Crippen MR) is 288 cm³/mol. The van der Waals surface area contributed by atoms with E-state index >= 15 is 0 Å². The lowest BCUT2D eigenvalue weighted by atomic mass is 9.59. The van der Waals surface area contributed by atoms with Crippen LogP contribution in [0.5, 0.6) is 0 Å². The normalized spacial score (nSPS) is 15.4. The lowest BCUT2D eigenvalue weighted by Gasteiger charge is -2.41. The number of furan rings is 1. The van der Waals surface area contributed by atoms with Crippen molar-refractivity contribution in [2.24, 2.45) is 0 Å². The van der Waals surface area contributed by atoms with Crippen molar-refractivity contribution in [2.45, 2.75) is 77.6 Å². The molecule has 1 aliphatic carbocycles. The minimum Gasteiger partial charge on any atom is -0.456 e. The molecule has 0 fully saturated rings. The fourth-order valence-electron chi connectivity index (χ4n) is 11.6. The number of aromatic nitrogens is 1. The molecule has 0 unspecified atom stereocenters. The number of hydrogen-bond acceptors (Lipinski definition) is 4. The fourth-order valence-corrected chi connectivity index (χ4v) is 13.9. The van der Waals surface area contributed by atoms with Crippen LogP contribution in [0.15, 0.2) is 138 Å². The van der Waals surface area contributed by atoms with Gasteiger partial charge in [0.1, 0.15) is 11.2 Å². The SMILES string of the molecule is CC(C)(C)c1ccc(Nc2cc3oc4cc5c(cc4c3cc2-c2ccc3c4cc6c(cc4n4c3c2[B]c2cc3c(cc2-4)sc2ccccc23)sc2ccccc26)C(C)(C)CCC5(C)C)cc1. The highest BCUT2D eigenvalue weighted by molar-refractivity contribution is 7.26. The lowest BCUT2D eigenvalue weighted by Crippen LogP contribution is -2.37. The van der Waals surface area contributed by atoms with Crippen LogP contribution in [-0.4, -0.2) is 11.8 Å². The van der Waals surface area contributed by atoms with E-state index in [1.165, 1.54) is 106 Å². The molecule has 8 aromatic carbocycles. The second-order valence-corrected chi connectivity index (χ2v) is 23.6. The second kappa shape index (κ2) is 13.2. The van der Waals surface area contributed by atoms with E-state index in [1.807, 2.05) is 22.7 Å². The molecule has 0 atom stereocenters. The van der Waals surface area contributed by atoms with Crippen molar-refractivity contribution in [1.29, 1.82) is 0 Å². The highest BCUT2D eigenvalue weighted by Gasteiger charge is 2.38. The van der Waals surface area contributed by atoms with E-state index in [0.29, 0.717) is 0 Å². The predicted octanol–water partition coefficient (Wildman–Crippen LogP) is 16.4. The van der Waals surface area contributed by atoms with Crippen LogP contribution < -0.4 is 16.2 Å². The third kappa shape index (κ3) is 5.49.